The number of methoxy groups -OCH3 is 1. The summed E-state index contributed by atoms with van der Waals surface area (Å²) in [6.45, 7) is 7.08. The highest BCUT2D eigenvalue weighted by Crippen LogP contribution is 2.21. The Morgan fingerprint density at radius 3 is 2.26 bits per heavy atom. The Morgan fingerprint density at radius 1 is 1.09 bits per heavy atom. The number of hydrogen-bond acceptors (Lipinski definition) is 5. The summed E-state index contributed by atoms with van der Waals surface area (Å²) in [6, 6.07) is 13.3. The van der Waals surface area contributed by atoms with Crippen molar-refractivity contribution >= 4 is 27.5 Å². The first-order valence-corrected chi connectivity index (χ1v) is 13.1. The van der Waals surface area contributed by atoms with Crippen molar-refractivity contribution in [2.45, 2.75) is 52.7 Å². The summed E-state index contributed by atoms with van der Waals surface area (Å²) in [5.41, 5.74) is 2.06. The van der Waals surface area contributed by atoms with Gasteiger partial charge in [0.1, 0.15) is 18.3 Å². The van der Waals surface area contributed by atoms with Gasteiger partial charge in [-0.3, -0.25) is 13.9 Å². The summed E-state index contributed by atoms with van der Waals surface area (Å²) in [6.07, 6.45) is 1.82. The Kier molecular flexibility index (Phi) is 9.49. The van der Waals surface area contributed by atoms with Gasteiger partial charge < -0.3 is 15.0 Å². The van der Waals surface area contributed by atoms with E-state index in [4.69, 9.17) is 4.74 Å². The largest absolute Gasteiger partial charge is 0.497 e. The van der Waals surface area contributed by atoms with Crippen LogP contribution in [0, 0.1) is 6.92 Å². The molecule has 9 heteroatoms. The second kappa shape index (κ2) is 11.9. The van der Waals surface area contributed by atoms with Crippen molar-refractivity contribution in [1.82, 2.24) is 10.2 Å². The van der Waals surface area contributed by atoms with Crippen molar-refractivity contribution in [2.75, 3.05) is 24.2 Å². The van der Waals surface area contributed by atoms with Crippen molar-refractivity contribution < 1.29 is 22.7 Å². The molecule has 0 aliphatic rings. The van der Waals surface area contributed by atoms with Gasteiger partial charge in [0.25, 0.3) is 0 Å². The summed E-state index contributed by atoms with van der Waals surface area (Å²) < 4.78 is 31.4. The van der Waals surface area contributed by atoms with E-state index in [0.29, 0.717) is 11.4 Å². The first kappa shape index (κ1) is 27.2. The predicted molar refractivity (Wildman–Crippen MR) is 134 cm³/mol. The molecule has 0 aliphatic heterocycles. The number of rotatable bonds is 11. The topological polar surface area (TPSA) is 96.0 Å². The number of anilines is 1. The fourth-order valence-corrected chi connectivity index (χ4v) is 4.21. The van der Waals surface area contributed by atoms with Crippen LogP contribution in [-0.2, 0) is 26.2 Å². The maximum absolute atomic E-state index is 13.5. The molecule has 0 aliphatic carbocycles. The zero-order chi connectivity index (χ0) is 25.5. The number of ether oxygens (including phenoxy) is 1. The molecule has 0 spiro atoms. The van der Waals surface area contributed by atoms with E-state index in [0.717, 1.165) is 28.1 Å². The first-order valence-electron chi connectivity index (χ1n) is 11.2. The third kappa shape index (κ3) is 7.48. The Bertz CT molecular complexity index is 1090. The molecular formula is C25H35N3O5S. The fourth-order valence-electron chi connectivity index (χ4n) is 3.37. The van der Waals surface area contributed by atoms with Crippen LogP contribution in [0.2, 0.25) is 0 Å². The molecule has 0 bridgehead atoms. The van der Waals surface area contributed by atoms with Gasteiger partial charge in [0.2, 0.25) is 21.8 Å². The lowest BCUT2D eigenvalue weighted by atomic mass is 10.1. The number of aryl methyl sites for hydroxylation is 1. The number of amides is 2. The van der Waals surface area contributed by atoms with Crippen LogP contribution in [0.5, 0.6) is 5.75 Å². The molecule has 34 heavy (non-hydrogen) atoms. The lowest BCUT2D eigenvalue weighted by molar-refractivity contribution is -0.139. The minimum Gasteiger partial charge on any atom is -0.497 e. The first-order chi connectivity index (χ1) is 16.0. The van der Waals surface area contributed by atoms with Crippen molar-refractivity contribution in [1.29, 1.82) is 0 Å². The van der Waals surface area contributed by atoms with E-state index >= 15 is 0 Å². The van der Waals surface area contributed by atoms with Crippen LogP contribution in [0.4, 0.5) is 5.69 Å². The van der Waals surface area contributed by atoms with Gasteiger partial charge in [-0.1, -0.05) is 31.2 Å². The molecule has 0 radical (unpaired) electrons. The van der Waals surface area contributed by atoms with E-state index in [-0.39, 0.29) is 18.5 Å². The molecule has 2 amide bonds. The standard InChI is InChI=1S/C25H35N3O5S/c1-7-19(3)26-25(30)20(4)27(16-21-11-13-23(33-5)14-12-21)24(29)17-28(34(6,31)32)22-10-8-9-18(2)15-22/h8-15,19-20H,7,16-17H2,1-6H3,(H,26,30)/t19-,20-/m1/s1. The van der Waals surface area contributed by atoms with E-state index < -0.39 is 28.5 Å². The van der Waals surface area contributed by atoms with Gasteiger partial charge >= 0.3 is 0 Å². The summed E-state index contributed by atoms with van der Waals surface area (Å²) in [5.74, 6) is -0.0980. The Hall–Kier alpha value is -3.07. The molecule has 2 rings (SSSR count). The number of nitrogens with zero attached hydrogens (tertiary/aromatic N) is 2. The highest BCUT2D eigenvalue weighted by Gasteiger charge is 2.30. The molecule has 0 saturated carbocycles. The minimum absolute atomic E-state index is 0.0484. The average molecular weight is 490 g/mol. The number of carbonyl (C=O) groups is 2. The summed E-state index contributed by atoms with van der Waals surface area (Å²) in [5, 5.41) is 2.91. The predicted octanol–water partition coefficient (Wildman–Crippen LogP) is 3.10. The number of benzene rings is 2. The van der Waals surface area contributed by atoms with E-state index in [2.05, 4.69) is 5.32 Å². The third-order valence-electron chi connectivity index (χ3n) is 5.65. The molecule has 2 aromatic carbocycles. The number of carbonyl (C=O) groups excluding carboxylic acids is 2. The molecular weight excluding hydrogens is 454 g/mol. The SMILES string of the molecule is CC[C@@H](C)NC(=O)[C@@H](C)N(Cc1ccc(OC)cc1)C(=O)CN(c1cccc(C)c1)S(C)(=O)=O. The van der Waals surface area contributed by atoms with Crippen LogP contribution in [-0.4, -0.2) is 57.1 Å². The maximum Gasteiger partial charge on any atom is 0.244 e. The smallest absolute Gasteiger partial charge is 0.244 e. The van der Waals surface area contributed by atoms with E-state index in [9.17, 15) is 18.0 Å². The molecule has 2 atom stereocenters. The number of nitrogens with one attached hydrogen (secondary N) is 1. The highest BCUT2D eigenvalue weighted by molar-refractivity contribution is 7.92. The third-order valence-corrected chi connectivity index (χ3v) is 6.79. The number of sulfonamides is 1. The van der Waals surface area contributed by atoms with Crippen LogP contribution in [0.3, 0.4) is 0 Å². The summed E-state index contributed by atoms with van der Waals surface area (Å²) in [4.78, 5) is 27.8. The molecule has 0 saturated heterocycles. The van der Waals surface area contributed by atoms with Crippen LogP contribution >= 0.6 is 0 Å². The Labute approximate surface area is 202 Å². The molecule has 0 heterocycles. The molecule has 186 valence electrons. The monoisotopic (exact) mass is 489 g/mol. The van der Waals surface area contributed by atoms with Crippen molar-refractivity contribution in [3.63, 3.8) is 0 Å². The van der Waals surface area contributed by atoms with Crippen molar-refractivity contribution in [2.24, 2.45) is 0 Å². The molecule has 0 unspecified atom stereocenters. The number of hydrogen-bond donors (Lipinski definition) is 1. The quantitative estimate of drug-likeness (QED) is 0.523. The van der Waals surface area contributed by atoms with Crippen LogP contribution in [0.25, 0.3) is 0 Å². The van der Waals surface area contributed by atoms with Gasteiger partial charge in [-0.05, 0) is 62.6 Å². The Balaban J connectivity index is 2.37. The zero-order valence-electron chi connectivity index (χ0n) is 20.7. The van der Waals surface area contributed by atoms with Gasteiger partial charge in [-0.25, -0.2) is 8.42 Å². The fraction of sp³-hybridized carbons (Fsp3) is 0.440. The molecule has 1 N–H and O–H groups in total. The van der Waals surface area contributed by atoms with Crippen LogP contribution in [0.1, 0.15) is 38.3 Å². The summed E-state index contributed by atoms with van der Waals surface area (Å²) in [7, 11) is -2.18. The maximum atomic E-state index is 13.5. The molecule has 8 nitrogen and oxygen atoms in total. The van der Waals surface area contributed by atoms with E-state index in [1.807, 2.05) is 39.0 Å². The van der Waals surface area contributed by atoms with Crippen LogP contribution in [0.15, 0.2) is 48.5 Å². The lowest BCUT2D eigenvalue weighted by Gasteiger charge is -2.32. The molecule has 2 aromatic rings. The van der Waals surface area contributed by atoms with Gasteiger partial charge in [0, 0.05) is 12.6 Å². The normalized spacial score (nSPS) is 13.0. The minimum atomic E-state index is -3.75. The van der Waals surface area contributed by atoms with Crippen LogP contribution < -0.4 is 14.4 Å². The van der Waals surface area contributed by atoms with E-state index in [1.54, 1.807) is 44.4 Å². The van der Waals surface area contributed by atoms with E-state index in [1.165, 1.54) is 4.90 Å². The highest BCUT2D eigenvalue weighted by atomic mass is 32.2. The Morgan fingerprint density at radius 2 is 1.74 bits per heavy atom. The summed E-state index contributed by atoms with van der Waals surface area (Å²) >= 11 is 0. The van der Waals surface area contributed by atoms with Crippen molar-refractivity contribution in [3.05, 3.63) is 59.7 Å². The lowest BCUT2D eigenvalue weighted by Crippen LogP contribution is -2.52. The van der Waals surface area contributed by atoms with Gasteiger partial charge in [-0.2, -0.15) is 0 Å². The van der Waals surface area contributed by atoms with Gasteiger partial charge in [0.15, 0.2) is 0 Å². The van der Waals surface area contributed by atoms with Gasteiger partial charge in [0.05, 0.1) is 19.1 Å². The van der Waals surface area contributed by atoms with Crippen molar-refractivity contribution in [3.8, 4) is 5.75 Å². The molecule has 0 fully saturated rings. The second-order valence-electron chi connectivity index (χ2n) is 8.47. The average Bonchev–Trinajstić information content (AvgIpc) is 2.79. The van der Waals surface area contributed by atoms with Gasteiger partial charge in [-0.15, -0.1) is 0 Å². The second-order valence-corrected chi connectivity index (χ2v) is 10.4. The zero-order valence-corrected chi connectivity index (χ0v) is 21.6. The molecule has 0 aromatic heterocycles.